The van der Waals surface area contributed by atoms with E-state index >= 15 is 0 Å². The van der Waals surface area contributed by atoms with E-state index in [9.17, 15) is 14.4 Å². The van der Waals surface area contributed by atoms with Gasteiger partial charge in [0, 0.05) is 33.3 Å². The fourth-order valence-electron chi connectivity index (χ4n) is 3.03. The summed E-state index contributed by atoms with van der Waals surface area (Å²) >= 11 is 0. The summed E-state index contributed by atoms with van der Waals surface area (Å²) in [7, 11) is 3.25. The molecule has 1 unspecified atom stereocenters. The molecule has 1 aliphatic heterocycles. The lowest BCUT2D eigenvalue weighted by molar-refractivity contribution is -0.119. The number of rotatable bonds is 5. The third kappa shape index (κ3) is 5.01. The molecule has 10 heteroatoms. The van der Waals surface area contributed by atoms with Gasteiger partial charge in [-0.1, -0.05) is 0 Å². The maximum absolute atomic E-state index is 12.7. The first-order valence-corrected chi connectivity index (χ1v) is 9.14. The molecule has 1 aromatic carbocycles. The summed E-state index contributed by atoms with van der Waals surface area (Å²) in [5, 5.41) is 18.8. The van der Waals surface area contributed by atoms with Crippen molar-refractivity contribution in [3.05, 3.63) is 35.5 Å². The Bertz CT molecular complexity index is 978. The van der Waals surface area contributed by atoms with Crippen molar-refractivity contribution in [2.24, 2.45) is 0 Å². The average molecular weight is 412 g/mol. The standard InChI is InChI=1S/C18H18N6O3.C2H6O/c1-11-8-23(9-20-12(2)26)18(27)17-6-16(22-24(11)17)14-4-3-13(7-19)5-15(14)21-10-25;1-3-2/h3-6,10-11H,8-9H2,1-2H3,(H,20,26)(H,21,25);1-2H3. The van der Waals surface area contributed by atoms with Crippen LogP contribution in [-0.4, -0.2) is 60.3 Å². The Morgan fingerprint density at radius 2 is 2.10 bits per heavy atom. The van der Waals surface area contributed by atoms with Crippen LogP contribution in [0.3, 0.4) is 0 Å². The molecule has 0 saturated heterocycles. The van der Waals surface area contributed by atoms with Crippen LogP contribution in [0.5, 0.6) is 0 Å². The first-order valence-electron chi connectivity index (χ1n) is 9.14. The van der Waals surface area contributed by atoms with E-state index in [1.54, 1.807) is 48.1 Å². The monoisotopic (exact) mass is 412 g/mol. The van der Waals surface area contributed by atoms with Crippen LogP contribution in [0, 0.1) is 11.3 Å². The summed E-state index contributed by atoms with van der Waals surface area (Å²) in [6, 6.07) is 8.44. The quantitative estimate of drug-likeness (QED) is 0.714. The molecule has 0 aliphatic carbocycles. The number of carbonyl (C=O) groups is 3. The third-order valence-corrected chi connectivity index (χ3v) is 4.30. The molecule has 0 bridgehead atoms. The largest absolute Gasteiger partial charge is 0.388 e. The van der Waals surface area contributed by atoms with Gasteiger partial charge in [-0.15, -0.1) is 0 Å². The fraction of sp³-hybridized carbons (Fsp3) is 0.350. The van der Waals surface area contributed by atoms with Gasteiger partial charge in [0.1, 0.15) is 5.69 Å². The number of carbonyl (C=O) groups excluding carboxylic acids is 3. The van der Waals surface area contributed by atoms with Crippen molar-refractivity contribution in [1.82, 2.24) is 20.0 Å². The van der Waals surface area contributed by atoms with E-state index in [1.807, 2.05) is 13.0 Å². The van der Waals surface area contributed by atoms with Crippen molar-refractivity contribution < 1.29 is 19.1 Å². The average Bonchev–Trinajstić information content (AvgIpc) is 3.16. The summed E-state index contributed by atoms with van der Waals surface area (Å²) in [6.07, 6.45) is 0.527. The summed E-state index contributed by atoms with van der Waals surface area (Å²) in [5.41, 5.74) is 2.36. The second-order valence-corrected chi connectivity index (χ2v) is 6.67. The predicted molar refractivity (Wildman–Crippen MR) is 109 cm³/mol. The van der Waals surface area contributed by atoms with Gasteiger partial charge in [0.05, 0.1) is 35.7 Å². The summed E-state index contributed by atoms with van der Waals surface area (Å²) in [5.74, 6) is -0.448. The topological polar surface area (TPSA) is 129 Å². The lowest BCUT2D eigenvalue weighted by Gasteiger charge is -2.31. The maximum atomic E-state index is 12.7. The van der Waals surface area contributed by atoms with Crippen molar-refractivity contribution in [3.63, 3.8) is 0 Å². The van der Waals surface area contributed by atoms with E-state index < -0.39 is 0 Å². The number of amides is 3. The summed E-state index contributed by atoms with van der Waals surface area (Å²) in [4.78, 5) is 36.3. The predicted octanol–water partition coefficient (Wildman–Crippen LogP) is 1.36. The van der Waals surface area contributed by atoms with Crippen LogP contribution in [0.4, 0.5) is 5.69 Å². The molecule has 3 amide bonds. The second kappa shape index (κ2) is 10.2. The number of nitriles is 1. The normalized spacial score (nSPS) is 14.7. The van der Waals surface area contributed by atoms with Crippen LogP contribution in [0.1, 0.15) is 35.9 Å². The van der Waals surface area contributed by atoms with E-state index in [0.29, 0.717) is 41.2 Å². The molecular formula is C20H24N6O4. The first kappa shape index (κ1) is 22.6. The van der Waals surface area contributed by atoms with Gasteiger partial charge >= 0.3 is 0 Å². The lowest BCUT2D eigenvalue weighted by Crippen LogP contribution is -2.47. The van der Waals surface area contributed by atoms with Gasteiger partial charge in [-0.25, -0.2) is 0 Å². The van der Waals surface area contributed by atoms with E-state index in [4.69, 9.17) is 5.26 Å². The summed E-state index contributed by atoms with van der Waals surface area (Å²) in [6.45, 7) is 3.87. The van der Waals surface area contributed by atoms with Crippen LogP contribution in [0.15, 0.2) is 24.3 Å². The second-order valence-electron chi connectivity index (χ2n) is 6.67. The molecule has 3 rings (SSSR count). The zero-order chi connectivity index (χ0) is 22.3. The molecule has 1 aromatic heterocycles. The number of nitrogens with one attached hydrogen (secondary N) is 2. The van der Waals surface area contributed by atoms with Gasteiger partial charge in [-0.2, -0.15) is 10.4 Å². The molecular weight excluding hydrogens is 388 g/mol. The highest BCUT2D eigenvalue weighted by Crippen LogP contribution is 2.31. The molecule has 10 nitrogen and oxygen atoms in total. The van der Waals surface area contributed by atoms with Gasteiger partial charge in [0.2, 0.25) is 12.3 Å². The van der Waals surface area contributed by atoms with Crippen LogP contribution in [-0.2, 0) is 14.3 Å². The van der Waals surface area contributed by atoms with Crippen molar-refractivity contribution in [2.75, 3.05) is 32.7 Å². The molecule has 0 radical (unpaired) electrons. The Kier molecular flexibility index (Phi) is 7.66. The Morgan fingerprint density at radius 3 is 2.70 bits per heavy atom. The van der Waals surface area contributed by atoms with Crippen molar-refractivity contribution in [2.45, 2.75) is 19.9 Å². The number of methoxy groups -OCH3 is 1. The molecule has 0 fully saturated rings. The molecule has 30 heavy (non-hydrogen) atoms. The number of benzene rings is 1. The minimum Gasteiger partial charge on any atom is -0.388 e. The number of aromatic nitrogens is 2. The minimum absolute atomic E-state index is 0.0823. The van der Waals surface area contributed by atoms with Gasteiger partial charge in [0.25, 0.3) is 5.91 Å². The van der Waals surface area contributed by atoms with Gasteiger partial charge < -0.3 is 20.3 Å². The van der Waals surface area contributed by atoms with E-state index in [0.717, 1.165) is 0 Å². The highest BCUT2D eigenvalue weighted by Gasteiger charge is 2.31. The third-order valence-electron chi connectivity index (χ3n) is 4.30. The van der Waals surface area contributed by atoms with E-state index in [1.165, 1.54) is 6.92 Å². The van der Waals surface area contributed by atoms with Crippen LogP contribution >= 0.6 is 0 Å². The SMILES string of the molecule is CC(=O)NCN1CC(C)n2nc(-c3ccc(C#N)cc3NC=O)cc2C1=O.COC. The molecule has 2 aromatic rings. The molecule has 2 heterocycles. The molecule has 1 aliphatic rings. The highest BCUT2D eigenvalue weighted by atomic mass is 16.4. The van der Waals surface area contributed by atoms with Crippen LogP contribution in [0.2, 0.25) is 0 Å². The number of hydrogen-bond donors (Lipinski definition) is 2. The Hall–Kier alpha value is -3.71. The zero-order valence-corrected chi connectivity index (χ0v) is 17.3. The molecule has 0 spiro atoms. The molecule has 158 valence electrons. The number of ether oxygens (including phenoxy) is 1. The summed E-state index contributed by atoms with van der Waals surface area (Å²) < 4.78 is 5.89. The van der Waals surface area contributed by atoms with Gasteiger partial charge in [-0.3, -0.25) is 19.1 Å². The number of nitrogens with zero attached hydrogens (tertiary/aromatic N) is 4. The Labute approximate surface area is 174 Å². The van der Waals surface area contributed by atoms with Crippen molar-refractivity contribution >= 4 is 23.9 Å². The molecule has 0 saturated carbocycles. The maximum Gasteiger partial charge on any atom is 0.273 e. The van der Waals surface area contributed by atoms with Crippen molar-refractivity contribution in [1.29, 1.82) is 5.26 Å². The van der Waals surface area contributed by atoms with Gasteiger partial charge in [0.15, 0.2) is 0 Å². The number of anilines is 1. The Balaban J connectivity index is 0.00000101. The molecule has 2 N–H and O–H groups in total. The van der Waals surface area contributed by atoms with E-state index in [-0.39, 0.29) is 24.5 Å². The minimum atomic E-state index is -0.237. The fourth-order valence-corrected chi connectivity index (χ4v) is 3.03. The van der Waals surface area contributed by atoms with E-state index in [2.05, 4.69) is 20.5 Å². The highest BCUT2D eigenvalue weighted by molar-refractivity contribution is 5.95. The number of fused-ring (bicyclic) bond motifs is 1. The van der Waals surface area contributed by atoms with Crippen LogP contribution in [0.25, 0.3) is 11.3 Å². The molecule has 1 atom stereocenters. The van der Waals surface area contributed by atoms with Crippen LogP contribution < -0.4 is 10.6 Å². The zero-order valence-electron chi connectivity index (χ0n) is 17.3. The van der Waals surface area contributed by atoms with Crippen molar-refractivity contribution in [3.8, 4) is 17.3 Å². The Morgan fingerprint density at radius 1 is 1.40 bits per heavy atom. The first-order chi connectivity index (χ1) is 14.4. The smallest absolute Gasteiger partial charge is 0.273 e. The lowest BCUT2D eigenvalue weighted by atomic mass is 10.1. The number of hydrogen-bond acceptors (Lipinski definition) is 6. The van der Waals surface area contributed by atoms with Gasteiger partial charge in [-0.05, 0) is 31.2 Å².